The Bertz CT molecular complexity index is 1320. The number of amides is 1. The van der Waals surface area contributed by atoms with Crippen LogP contribution in [-0.2, 0) is 38.1 Å². The van der Waals surface area contributed by atoms with Crippen molar-refractivity contribution < 1.29 is 48.3 Å². The highest BCUT2D eigenvalue weighted by molar-refractivity contribution is 5.93. The summed E-state index contributed by atoms with van der Waals surface area (Å²) in [5.74, 6) is -5.20. The van der Waals surface area contributed by atoms with Crippen molar-refractivity contribution in [2.24, 2.45) is 35.3 Å². The fraction of sp³-hybridized carbons (Fsp3) is 0.667. The number of carbonyl (C=O) groups is 3. The molecule has 282 valence electrons. The summed E-state index contributed by atoms with van der Waals surface area (Å²) in [6.45, 7) is 16.9. The van der Waals surface area contributed by atoms with Crippen LogP contribution in [-0.4, -0.2) is 84.7 Å². The highest BCUT2D eigenvalue weighted by atomic mass is 16.7. The van der Waals surface area contributed by atoms with Gasteiger partial charge in [-0.15, -0.1) is 0 Å². The highest BCUT2D eigenvalue weighted by Crippen LogP contribution is 2.43. The number of rotatable bonds is 10. The number of methoxy groups -OCH3 is 2. The van der Waals surface area contributed by atoms with Gasteiger partial charge in [0.05, 0.1) is 18.3 Å². The number of nitrogens with two attached hydrogens (primary N) is 1. The Hall–Kier alpha value is -3.09. The molecule has 50 heavy (non-hydrogen) atoms. The molecule has 0 bridgehead atoms. The molecule has 1 fully saturated rings. The van der Waals surface area contributed by atoms with Gasteiger partial charge in [-0.05, 0) is 45.6 Å². The molecule has 0 unspecified atom stereocenters. The molecule has 0 spiro atoms. The molecule has 2 aliphatic rings. The number of esters is 2. The highest BCUT2D eigenvalue weighted by Gasteiger charge is 2.53. The molecule has 2 heterocycles. The molecule has 4 N–H and O–H groups in total. The molecule has 1 saturated heterocycles. The summed E-state index contributed by atoms with van der Waals surface area (Å²) in [4.78, 5) is 37.3. The first-order valence-corrected chi connectivity index (χ1v) is 17.6. The Morgan fingerprint density at radius 1 is 1.14 bits per heavy atom. The average molecular weight is 704 g/mol. The van der Waals surface area contributed by atoms with Crippen LogP contribution in [0.1, 0.15) is 81.6 Å². The van der Waals surface area contributed by atoms with Crippen LogP contribution in [0, 0.1) is 29.6 Å². The van der Waals surface area contributed by atoms with Crippen molar-refractivity contribution in [2.75, 3.05) is 14.2 Å². The predicted molar refractivity (Wildman–Crippen MR) is 191 cm³/mol. The first-order chi connectivity index (χ1) is 23.4. The lowest BCUT2D eigenvalue weighted by Crippen LogP contribution is -2.59. The van der Waals surface area contributed by atoms with E-state index < -0.39 is 66.0 Å². The van der Waals surface area contributed by atoms with Crippen LogP contribution in [0.4, 0.5) is 0 Å². The minimum atomic E-state index is -1.38. The molecule has 0 aromatic carbocycles. The molecule has 1 amide bonds. The summed E-state index contributed by atoms with van der Waals surface area (Å²) in [7, 11) is 3.00. The molecule has 0 aliphatic carbocycles. The Kier molecular flexibility index (Phi) is 16.8. The van der Waals surface area contributed by atoms with Crippen molar-refractivity contribution in [3.8, 4) is 0 Å². The predicted octanol–water partition coefficient (Wildman–Crippen LogP) is 5.11. The second-order valence-electron chi connectivity index (χ2n) is 14.2. The maximum absolute atomic E-state index is 13.6. The summed E-state index contributed by atoms with van der Waals surface area (Å²) >= 11 is 0. The zero-order chi connectivity index (χ0) is 37.9. The van der Waals surface area contributed by atoms with Gasteiger partial charge in [0.25, 0.3) is 0 Å². The van der Waals surface area contributed by atoms with Crippen molar-refractivity contribution in [1.29, 1.82) is 0 Å². The Labute approximate surface area is 298 Å². The van der Waals surface area contributed by atoms with E-state index in [1.807, 2.05) is 59.8 Å². The van der Waals surface area contributed by atoms with E-state index in [2.05, 4.69) is 0 Å². The number of hydrogen-bond donors (Lipinski definition) is 3. The van der Waals surface area contributed by atoms with Gasteiger partial charge in [-0.3, -0.25) is 4.79 Å². The van der Waals surface area contributed by atoms with E-state index in [1.165, 1.54) is 14.2 Å². The first kappa shape index (κ1) is 43.1. The Balaban J connectivity index is 2.53. The van der Waals surface area contributed by atoms with E-state index in [0.717, 1.165) is 23.3 Å². The molecule has 11 nitrogen and oxygen atoms in total. The zero-order valence-electron chi connectivity index (χ0n) is 31.8. The molecule has 11 heteroatoms. The van der Waals surface area contributed by atoms with Crippen LogP contribution in [0.15, 0.2) is 59.3 Å². The van der Waals surface area contributed by atoms with E-state index in [9.17, 15) is 24.6 Å². The fourth-order valence-corrected chi connectivity index (χ4v) is 7.10. The van der Waals surface area contributed by atoms with E-state index >= 15 is 0 Å². The molecule has 2 aliphatic heterocycles. The fourth-order valence-electron chi connectivity index (χ4n) is 7.10. The minimum Gasteiger partial charge on any atom is -0.459 e. The SMILES string of the molecule is CC[C@H]1O[C@@](OC)([C@H](C)[C@@H](O)[C@@H](C)[C@H]2OC(=O)C(C)=CC(C)=C[C@H](C)[C@@H](O)[C@H](C)CC(C)=CC=C[C@H]2OC)C[C@@H](OC(=O)/C=C/C(N)=O)[C@H]1C. The molecule has 0 radical (unpaired) electrons. The van der Waals surface area contributed by atoms with Gasteiger partial charge < -0.3 is 39.6 Å². The summed E-state index contributed by atoms with van der Waals surface area (Å²) in [6, 6.07) is 0. The first-order valence-electron chi connectivity index (χ1n) is 17.6. The van der Waals surface area contributed by atoms with Crippen LogP contribution in [0.5, 0.6) is 0 Å². The summed E-state index contributed by atoms with van der Waals surface area (Å²) in [5.41, 5.74) is 7.38. The number of cyclic esters (lactones) is 1. The number of allylic oxidation sites excluding steroid dienone is 5. The van der Waals surface area contributed by atoms with E-state index in [-0.39, 0.29) is 30.3 Å². The number of carbonyl (C=O) groups excluding carboxylic acids is 3. The minimum absolute atomic E-state index is 0.00408. The second kappa shape index (κ2) is 19.5. The quantitative estimate of drug-likeness (QED) is 0.206. The Morgan fingerprint density at radius 3 is 2.38 bits per heavy atom. The van der Waals surface area contributed by atoms with Gasteiger partial charge in [-0.25, -0.2) is 9.59 Å². The number of ether oxygens (including phenoxy) is 5. The average Bonchev–Trinajstić information content (AvgIpc) is 3.07. The van der Waals surface area contributed by atoms with Crippen LogP contribution >= 0.6 is 0 Å². The van der Waals surface area contributed by atoms with Crippen LogP contribution in [0.2, 0.25) is 0 Å². The third-order valence-corrected chi connectivity index (χ3v) is 10.2. The van der Waals surface area contributed by atoms with Crippen LogP contribution in [0.25, 0.3) is 0 Å². The maximum atomic E-state index is 13.6. The summed E-state index contributed by atoms with van der Waals surface area (Å²) < 4.78 is 30.3. The van der Waals surface area contributed by atoms with Crippen LogP contribution < -0.4 is 5.73 Å². The van der Waals surface area contributed by atoms with E-state index in [4.69, 9.17) is 29.4 Å². The number of hydrogen-bond acceptors (Lipinski definition) is 10. The lowest BCUT2D eigenvalue weighted by molar-refractivity contribution is -0.333. The summed E-state index contributed by atoms with van der Waals surface area (Å²) in [5, 5.41) is 23.0. The molecule has 0 saturated carbocycles. The Morgan fingerprint density at radius 2 is 1.80 bits per heavy atom. The van der Waals surface area contributed by atoms with Gasteiger partial charge >= 0.3 is 11.9 Å². The third-order valence-electron chi connectivity index (χ3n) is 10.2. The molecule has 0 aromatic rings. The molecule has 2 rings (SSSR count). The smallest absolute Gasteiger partial charge is 0.334 e. The van der Waals surface area contributed by atoms with Crippen molar-refractivity contribution in [3.05, 3.63) is 59.3 Å². The summed E-state index contributed by atoms with van der Waals surface area (Å²) in [6.07, 6.45) is 8.13. The molecule has 12 atom stereocenters. The van der Waals surface area contributed by atoms with Gasteiger partial charge in [0.1, 0.15) is 18.3 Å². The van der Waals surface area contributed by atoms with Gasteiger partial charge in [0.15, 0.2) is 5.79 Å². The largest absolute Gasteiger partial charge is 0.459 e. The van der Waals surface area contributed by atoms with E-state index in [1.54, 1.807) is 32.9 Å². The van der Waals surface area contributed by atoms with Crippen molar-refractivity contribution in [1.82, 2.24) is 0 Å². The standard InChI is InChI=1S/C39H61NO10/c1-12-30-27(7)32(48-34(42)17-16-33(40)41)21-39(47-11,50-30)29(9)36(44)28(8)37-31(46-10)15-13-14-22(2)18-24(4)35(43)25(5)19-23(3)20-26(6)38(45)49-37/h13-17,19-20,24-25,27-32,35-37,43-44H,12,18,21H2,1-11H3,(H2,40,41)/b15-13?,17-16+,22-14?,23-19?,26-20?/t24-,25+,27+,28-,29-,30-,31-,32-,35+,36+,37-,39-/m1/s1. The number of aliphatic hydroxyl groups is 2. The number of primary amides is 1. The van der Waals surface area contributed by atoms with Gasteiger partial charge in [-0.2, -0.15) is 0 Å². The topological polar surface area (TPSA) is 164 Å². The molecule has 0 aromatic heterocycles. The van der Waals surface area contributed by atoms with Crippen LogP contribution in [0.3, 0.4) is 0 Å². The lowest BCUT2D eigenvalue weighted by atomic mass is 9.77. The van der Waals surface area contributed by atoms with Gasteiger partial charge in [-0.1, -0.05) is 77.0 Å². The second-order valence-corrected chi connectivity index (χ2v) is 14.2. The normalized spacial score (nSPS) is 33.8. The van der Waals surface area contributed by atoms with Crippen molar-refractivity contribution in [2.45, 2.75) is 124 Å². The molecular formula is C39H61NO10. The van der Waals surface area contributed by atoms with Crippen molar-refractivity contribution in [3.63, 3.8) is 0 Å². The zero-order valence-corrected chi connectivity index (χ0v) is 31.8. The van der Waals surface area contributed by atoms with Gasteiger partial charge in [0.2, 0.25) is 5.91 Å². The molecular weight excluding hydrogens is 642 g/mol. The number of aliphatic hydroxyl groups excluding tert-OH is 2. The monoisotopic (exact) mass is 703 g/mol. The van der Waals surface area contributed by atoms with E-state index in [0.29, 0.717) is 18.4 Å². The van der Waals surface area contributed by atoms with Crippen molar-refractivity contribution >= 4 is 17.8 Å². The maximum Gasteiger partial charge on any atom is 0.334 e. The van der Waals surface area contributed by atoms with Gasteiger partial charge in [0, 0.05) is 62.0 Å². The third kappa shape index (κ3) is 11.5. The lowest BCUT2D eigenvalue weighted by Gasteiger charge is -2.50.